The van der Waals surface area contributed by atoms with Gasteiger partial charge in [0.25, 0.3) is 0 Å². The number of carboxylic acids is 2. The molecule has 0 aliphatic carbocycles. The molecule has 126 valence electrons. The Bertz CT molecular complexity index is 262. The van der Waals surface area contributed by atoms with Crippen molar-refractivity contribution in [3.05, 3.63) is 0 Å². The third-order valence-electron chi connectivity index (χ3n) is 1.86. The normalized spacial score (nSPS) is 13.2. The number of aliphatic hydroxyl groups is 3. The average molecular weight is 312 g/mol. The molecular formula is C12H24O9. The largest absolute Gasteiger partial charge is 0.479 e. The first kappa shape index (κ1) is 22.0. The van der Waals surface area contributed by atoms with Crippen molar-refractivity contribution in [2.24, 2.45) is 5.92 Å². The SMILES string of the molecule is CC(C)COCCOCCO.O=C(O)C(O)C(O)C(=O)O. The van der Waals surface area contributed by atoms with Crippen molar-refractivity contribution in [3.8, 4) is 0 Å². The van der Waals surface area contributed by atoms with E-state index < -0.39 is 24.1 Å². The van der Waals surface area contributed by atoms with Crippen molar-refractivity contribution in [2.45, 2.75) is 26.1 Å². The molecule has 5 N–H and O–H groups in total. The van der Waals surface area contributed by atoms with Crippen molar-refractivity contribution in [2.75, 3.05) is 33.0 Å². The molecule has 0 radical (unpaired) electrons. The fourth-order valence-corrected chi connectivity index (χ4v) is 0.874. The Morgan fingerprint density at radius 2 is 1.33 bits per heavy atom. The summed E-state index contributed by atoms with van der Waals surface area (Å²) in [6.45, 7) is 6.69. The molecule has 0 aliphatic heterocycles. The maximum Gasteiger partial charge on any atom is 0.335 e. The van der Waals surface area contributed by atoms with Crippen molar-refractivity contribution < 1.29 is 44.6 Å². The Labute approximate surface area is 122 Å². The molecule has 0 amide bonds. The van der Waals surface area contributed by atoms with Gasteiger partial charge in [0, 0.05) is 6.61 Å². The van der Waals surface area contributed by atoms with Crippen LogP contribution in [0.15, 0.2) is 0 Å². The van der Waals surface area contributed by atoms with E-state index in [0.29, 0.717) is 25.7 Å². The number of hydrogen-bond donors (Lipinski definition) is 5. The first-order chi connectivity index (χ1) is 9.73. The second-order valence-electron chi connectivity index (χ2n) is 4.37. The fourth-order valence-electron chi connectivity index (χ4n) is 0.874. The predicted octanol–water partition coefficient (Wildman–Crippen LogP) is -1.45. The van der Waals surface area contributed by atoms with Crippen LogP contribution in [-0.2, 0) is 19.1 Å². The molecule has 0 aromatic rings. The molecule has 9 heteroatoms. The van der Waals surface area contributed by atoms with E-state index in [2.05, 4.69) is 13.8 Å². The first-order valence-corrected chi connectivity index (χ1v) is 6.32. The molecular weight excluding hydrogens is 288 g/mol. The molecule has 9 nitrogen and oxygen atoms in total. The fraction of sp³-hybridized carbons (Fsp3) is 0.833. The lowest BCUT2D eigenvalue weighted by Gasteiger charge is -2.07. The van der Waals surface area contributed by atoms with Crippen molar-refractivity contribution in [1.29, 1.82) is 0 Å². The molecule has 0 spiro atoms. The number of aliphatic hydroxyl groups excluding tert-OH is 3. The summed E-state index contributed by atoms with van der Waals surface area (Å²) in [5, 5.41) is 40.9. The van der Waals surface area contributed by atoms with Crippen LogP contribution >= 0.6 is 0 Å². The highest BCUT2D eigenvalue weighted by Crippen LogP contribution is 1.92. The molecule has 0 aromatic heterocycles. The van der Waals surface area contributed by atoms with Crippen LogP contribution in [0.1, 0.15) is 13.8 Å². The van der Waals surface area contributed by atoms with E-state index in [1.54, 1.807) is 0 Å². The zero-order valence-electron chi connectivity index (χ0n) is 12.1. The van der Waals surface area contributed by atoms with Gasteiger partial charge >= 0.3 is 11.9 Å². The summed E-state index contributed by atoms with van der Waals surface area (Å²) in [5.74, 6) is -2.96. The third-order valence-corrected chi connectivity index (χ3v) is 1.86. The van der Waals surface area contributed by atoms with E-state index in [0.717, 1.165) is 6.61 Å². The minimum absolute atomic E-state index is 0.0875. The third kappa shape index (κ3) is 15.0. The second-order valence-corrected chi connectivity index (χ2v) is 4.37. The van der Waals surface area contributed by atoms with Crippen LogP contribution in [0.3, 0.4) is 0 Å². The molecule has 2 atom stereocenters. The van der Waals surface area contributed by atoms with Gasteiger partial charge in [-0.3, -0.25) is 0 Å². The number of carbonyl (C=O) groups is 2. The standard InChI is InChI=1S/C8H18O3.C4H6O6/c1-8(2)7-11-6-5-10-4-3-9;5-1(3(7)8)2(6)4(9)10/h8-9H,3-7H2,1-2H3;1-2,5-6H,(H,7,8)(H,9,10). The molecule has 0 saturated heterocycles. The zero-order valence-corrected chi connectivity index (χ0v) is 12.1. The summed E-state index contributed by atoms with van der Waals surface area (Å²) >= 11 is 0. The van der Waals surface area contributed by atoms with E-state index in [1.165, 1.54) is 0 Å². The highest BCUT2D eigenvalue weighted by atomic mass is 16.5. The molecule has 0 rings (SSSR count). The minimum Gasteiger partial charge on any atom is -0.479 e. The average Bonchev–Trinajstić information content (AvgIpc) is 2.41. The molecule has 0 aromatic carbocycles. The van der Waals surface area contributed by atoms with Gasteiger partial charge in [0.15, 0.2) is 12.2 Å². The van der Waals surface area contributed by atoms with Gasteiger partial charge in [0.05, 0.1) is 26.4 Å². The van der Waals surface area contributed by atoms with Crippen LogP contribution < -0.4 is 0 Å². The van der Waals surface area contributed by atoms with Gasteiger partial charge in [-0.25, -0.2) is 9.59 Å². The summed E-state index contributed by atoms with van der Waals surface area (Å²) in [4.78, 5) is 19.5. The summed E-state index contributed by atoms with van der Waals surface area (Å²) in [7, 11) is 0. The van der Waals surface area contributed by atoms with E-state index in [-0.39, 0.29) is 6.61 Å². The highest BCUT2D eigenvalue weighted by Gasteiger charge is 2.29. The number of rotatable bonds is 10. The van der Waals surface area contributed by atoms with E-state index >= 15 is 0 Å². The predicted molar refractivity (Wildman–Crippen MR) is 70.8 cm³/mol. The molecule has 0 bridgehead atoms. The Hall–Kier alpha value is -1.26. The molecule has 0 saturated carbocycles. The number of carboxylic acid groups (broad SMARTS) is 2. The van der Waals surface area contributed by atoms with Crippen molar-refractivity contribution in [1.82, 2.24) is 0 Å². The molecule has 2 unspecified atom stereocenters. The molecule has 0 fully saturated rings. The lowest BCUT2D eigenvalue weighted by molar-refractivity contribution is -0.165. The van der Waals surface area contributed by atoms with E-state index in [4.69, 9.17) is 35.0 Å². The Balaban J connectivity index is 0. The number of ether oxygens (including phenoxy) is 2. The zero-order chi connectivity index (χ0) is 16.8. The lowest BCUT2D eigenvalue weighted by Crippen LogP contribution is -2.39. The quantitative estimate of drug-likeness (QED) is 0.305. The van der Waals surface area contributed by atoms with Crippen LogP contribution in [-0.4, -0.2) is 82.7 Å². The second kappa shape index (κ2) is 13.7. The van der Waals surface area contributed by atoms with E-state index in [9.17, 15) is 9.59 Å². The first-order valence-electron chi connectivity index (χ1n) is 6.32. The highest BCUT2D eigenvalue weighted by molar-refractivity contribution is 5.83. The Morgan fingerprint density at radius 3 is 1.67 bits per heavy atom. The van der Waals surface area contributed by atoms with Crippen molar-refractivity contribution in [3.63, 3.8) is 0 Å². The minimum atomic E-state index is -2.27. The molecule has 0 aliphatic rings. The monoisotopic (exact) mass is 312 g/mol. The molecule has 21 heavy (non-hydrogen) atoms. The maximum absolute atomic E-state index is 9.77. The topological polar surface area (TPSA) is 154 Å². The van der Waals surface area contributed by atoms with Gasteiger partial charge in [-0.1, -0.05) is 13.8 Å². The van der Waals surface area contributed by atoms with E-state index in [1.807, 2.05) is 0 Å². The Kier molecular flexibility index (Phi) is 14.4. The lowest BCUT2D eigenvalue weighted by atomic mass is 10.2. The Morgan fingerprint density at radius 1 is 0.905 bits per heavy atom. The summed E-state index contributed by atoms with van der Waals surface area (Å²) in [5.41, 5.74) is 0. The smallest absolute Gasteiger partial charge is 0.335 e. The van der Waals surface area contributed by atoms with Crippen LogP contribution in [0.5, 0.6) is 0 Å². The van der Waals surface area contributed by atoms with Gasteiger partial charge in [-0.05, 0) is 5.92 Å². The summed E-state index contributed by atoms with van der Waals surface area (Å²) in [6.07, 6.45) is -4.53. The van der Waals surface area contributed by atoms with Crippen LogP contribution in [0.25, 0.3) is 0 Å². The van der Waals surface area contributed by atoms with Crippen LogP contribution in [0, 0.1) is 5.92 Å². The van der Waals surface area contributed by atoms with Gasteiger partial charge in [0.2, 0.25) is 0 Å². The summed E-state index contributed by atoms with van der Waals surface area (Å²) in [6, 6.07) is 0. The van der Waals surface area contributed by atoms with Crippen molar-refractivity contribution >= 4 is 11.9 Å². The molecule has 0 heterocycles. The summed E-state index contributed by atoms with van der Waals surface area (Å²) < 4.78 is 10.2. The van der Waals surface area contributed by atoms with Gasteiger partial charge in [-0.15, -0.1) is 0 Å². The number of hydrogen-bond acceptors (Lipinski definition) is 7. The maximum atomic E-state index is 9.77. The van der Waals surface area contributed by atoms with Gasteiger partial charge < -0.3 is 35.0 Å². The number of aliphatic carboxylic acids is 2. The van der Waals surface area contributed by atoms with Gasteiger partial charge in [0.1, 0.15) is 0 Å². The van der Waals surface area contributed by atoms with Crippen LogP contribution in [0.4, 0.5) is 0 Å². The van der Waals surface area contributed by atoms with Crippen LogP contribution in [0.2, 0.25) is 0 Å². The van der Waals surface area contributed by atoms with Gasteiger partial charge in [-0.2, -0.15) is 0 Å².